The lowest BCUT2D eigenvalue weighted by Crippen LogP contribution is -2.12. The highest BCUT2D eigenvalue weighted by molar-refractivity contribution is 6.04. The number of amides is 1. The van der Waals surface area contributed by atoms with Crippen molar-refractivity contribution in [2.75, 3.05) is 5.32 Å². The summed E-state index contributed by atoms with van der Waals surface area (Å²) >= 11 is 0. The molecule has 0 aliphatic carbocycles. The molecule has 2 aromatic rings. The number of hydrogen-bond acceptors (Lipinski definition) is 3. The fraction of sp³-hybridized carbons (Fsp3) is 0.133. The smallest absolute Gasteiger partial charge is 0.257 e. The fourth-order valence-electron chi connectivity index (χ4n) is 1.59. The van der Waals surface area contributed by atoms with Gasteiger partial charge in [0.25, 0.3) is 5.91 Å². The van der Waals surface area contributed by atoms with E-state index in [4.69, 9.17) is 0 Å². The number of benzene rings is 1. The van der Waals surface area contributed by atoms with Crippen LogP contribution in [0.3, 0.4) is 0 Å². The predicted molar refractivity (Wildman–Crippen MR) is 73.4 cm³/mol. The van der Waals surface area contributed by atoms with Crippen molar-refractivity contribution in [1.82, 2.24) is 4.98 Å². The highest BCUT2D eigenvalue weighted by Gasteiger charge is 2.06. The normalized spacial score (nSPS) is 10.0. The van der Waals surface area contributed by atoms with Crippen LogP contribution in [0, 0.1) is 6.92 Å². The SMILES string of the molecule is CC(=O)c1ccc(NC(=O)c2ccc(C)nc2)cc1. The lowest BCUT2D eigenvalue weighted by molar-refractivity contribution is 0.101. The first-order chi connectivity index (χ1) is 9.06. The van der Waals surface area contributed by atoms with Crippen LogP contribution >= 0.6 is 0 Å². The van der Waals surface area contributed by atoms with E-state index in [0.29, 0.717) is 16.8 Å². The van der Waals surface area contributed by atoms with Gasteiger partial charge in [-0.15, -0.1) is 0 Å². The molecule has 0 aliphatic rings. The van der Waals surface area contributed by atoms with Gasteiger partial charge in [-0.2, -0.15) is 0 Å². The molecule has 0 saturated carbocycles. The summed E-state index contributed by atoms with van der Waals surface area (Å²) in [6.07, 6.45) is 1.54. The summed E-state index contributed by atoms with van der Waals surface area (Å²) in [5.74, 6) is -0.219. The molecule has 4 nitrogen and oxygen atoms in total. The van der Waals surface area contributed by atoms with Crippen LogP contribution < -0.4 is 5.32 Å². The van der Waals surface area contributed by atoms with Crippen LogP contribution in [0.4, 0.5) is 5.69 Å². The van der Waals surface area contributed by atoms with E-state index in [2.05, 4.69) is 10.3 Å². The van der Waals surface area contributed by atoms with Gasteiger partial charge in [-0.1, -0.05) is 0 Å². The van der Waals surface area contributed by atoms with Crippen LogP contribution in [0.5, 0.6) is 0 Å². The van der Waals surface area contributed by atoms with Gasteiger partial charge < -0.3 is 5.32 Å². The first-order valence-corrected chi connectivity index (χ1v) is 5.91. The van der Waals surface area contributed by atoms with Crippen molar-refractivity contribution in [1.29, 1.82) is 0 Å². The van der Waals surface area contributed by atoms with Crippen molar-refractivity contribution in [2.45, 2.75) is 13.8 Å². The third kappa shape index (κ3) is 3.25. The Morgan fingerprint density at radius 3 is 2.16 bits per heavy atom. The van der Waals surface area contributed by atoms with Crippen LogP contribution in [0.15, 0.2) is 42.6 Å². The number of nitrogens with one attached hydrogen (secondary N) is 1. The van der Waals surface area contributed by atoms with Crippen LogP contribution in [-0.2, 0) is 0 Å². The number of hydrogen-bond donors (Lipinski definition) is 1. The monoisotopic (exact) mass is 254 g/mol. The number of carbonyl (C=O) groups is 2. The van der Waals surface area contributed by atoms with Crippen molar-refractivity contribution in [3.63, 3.8) is 0 Å². The molecule has 0 spiro atoms. The minimum absolute atomic E-state index is 0.000566. The second kappa shape index (κ2) is 5.44. The van der Waals surface area contributed by atoms with Gasteiger partial charge in [0.2, 0.25) is 0 Å². The summed E-state index contributed by atoms with van der Waals surface area (Å²) in [4.78, 5) is 27.1. The summed E-state index contributed by atoms with van der Waals surface area (Å²) in [6.45, 7) is 3.37. The molecule has 0 saturated heterocycles. The van der Waals surface area contributed by atoms with Gasteiger partial charge in [-0.05, 0) is 50.2 Å². The maximum atomic E-state index is 11.9. The zero-order valence-corrected chi connectivity index (χ0v) is 10.8. The summed E-state index contributed by atoms with van der Waals surface area (Å²) in [5.41, 5.74) is 2.63. The molecule has 96 valence electrons. The maximum Gasteiger partial charge on any atom is 0.257 e. The summed E-state index contributed by atoms with van der Waals surface area (Å²) < 4.78 is 0. The fourth-order valence-corrected chi connectivity index (χ4v) is 1.59. The van der Waals surface area contributed by atoms with Crippen LogP contribution in [0.2, 0.25) is 0 Å². The zero-order valence-electron chi connectivity index (χ0n) is 10.8. The number of aryl methyl sites for hydroxylation is 1. The van der Waals surface area contributed by atoms with E-state index in [1.807, 2.05) is 6.92 Å². The Labute approximate surface area is 111 Å². The lowest BCUT2D eigenvalue weighted by Gasteiger charge is -2.05. The van der Waals surface area contributed by atoms with Crippen LogP contribution in [0.1, 0.15) is 33.3 Å². The Hall–Kier alpha value is -2.49. The molecule has 2 rings (SSSR count). The van der Waals surface area contributed by atoms with Crippen molar-refractivity contribution in [3.05, 3.63) is 59.4 Å². The average molecular weight is 254 g/mol. The Kier molecular flexibility index (Phi) is 3.71. The maximum absolute atomic E-state index is 11.9. The third-order valence-corrected chi connectivity index (χ3v) is 2.72. The summed E-state index contributed by atoms with van der Waals surface area (Å²) in [5, 5.41) is 2.75. The van der Waals surface area contributed by atoms with Crippen LogP contribution in [0.25, 0.3) is 0 Å². The Morgan fingerprint density at radius 1 is 1.00 bits per heavy atom. The minimum atomic E-state index is -0.219. The molecule has 1 aromatic carbocycles. The molecule has 0 bridgehead atoms. The van der Waals surface area contributed by atoms with E-state index in [9.17, 15) is 9.59 Å². The largest absolute Gasteiger partial charge is 0.322 e. The first kappa shape index (κ1) is 13.0. The molecular weight excluding hydrogens is 240 g/mol. The quantitative estimate of drug-likeness (QED) is 0.857. The first-order valence-electron chi connectivity index (χ1n) is 5.91. The summed E-state index contributed by atoms with van der Waals surface area (Å²) in [7, 11) is 0. The second-order valence-corrected chi connectivity index (χ2v) is 4.28. The molecule has 0 radical (unpaired) electrons. The van der Waals surface area contributed by atoms with Crippen molar-refractivity contribution in [3.8, 4) is 0 Å². The minimum Gasteiger partial charge on any atom is -0.322 e. The van der Waals surface area contributed by atoms with E-state index in [0.717, 1.165) is 5.69 Å². The Morgan fingerprint density at radius 2 is 1.63 bits per heavy atom. The van der Waals surface area contributed by atoms with E-state index >= 15 is 0 Å². The van der Waals surface area contributed by atoms with Crippen molar-refractivity contribution >= 4 is 17.4 Å². The van der Waals surface area contributed by atoms with Gasteiger partial charge in [-0.3, -0.25) is 14.6 Å². The lowest BCUT2D eigenvalue weighted by atomic mass is 10.1. The molecule has 0 unspecified atom stereocenters. The van der Waals surface area contributed by atoms with E-state index in [-0.39, 0.29) is 11.7 Å². The highest BCUT2D eigenvalue weighted by Crippen LogP contribution is 2.11. The van der Waals surface area contributed by atoms with Crippen molar-refractivity contribution in [2.24, 2.45) is 0 Å². The molecule has 4 heteroatoms. The van der Waals surface area contributed by atoms with Gasteiger partial charge in [0, 0.05) is 23.1 Å². The number of Topliss-reactive ketones (excluding diaryl/α,β-unsaturated/α-hetero) is 1. The number of aromatic nitrogens is 1. The topological polar surface area (TPSA) is 59.1 Å². The van der Waals surface area contributed by atoms with E-state index in [1.54, 1.807) is 36.4 Å². The van der Waals surface area contributed by atoms with Crippen LogP contribution in [-0.4, -0.2) is 16.7 Å². The van der Waals surface area contributed by atoms with Gasteiger partial charge >= 0.3 is 0 Å². The molecule has 0 aliphatic heterocycles. The Bertz CT molecular complexity index is 601. The number of carbonyl (C=O) groups excluding carboxylic acids is 2. The number of anilines is 1. The van der Waals surface area contributed by atoms with Gasteiger partial charge in [0.15, 0.2) is 5.78 Å². The molecule has 1 heterocycles. The number of pyridine rings is 1. The van der Waals surface area contributed by atoms with Gasteiger partial charge in [0.05, 0.1) is 5.56 Å². The standard InChI is InChI=1S/C15H14N2O2/c1-10-3-4-13(9-16-10)15(19)17-14-7-5-12(6-8-14)11(2)18/h3-9H,1-2H3,(H,17,19). The van der Waals surface area contributed by atoms with Crippen molar-refractivity contribution < 1.29 is 9.59 Å². The van der Waals surface area contributed by atoms with Gasteiger partial charge in [0.1, 0.15) is 0 Å². The molecular formula is C15H14N2O2. The molecule has 0 atom stereocenters. The predicted octanol–water partition coefficient (Wildman–Crippen LogP) is 2.84. The highest BCUT2D eigenvalue weighted by atomic mass is 16.1. The number of rotatable bonds is 3. The zero-order chi connectivity index (χ0) is 13.8. The summed E-state index contributed by atoms with van der Waals surface area (Å²) in [6, 6.07) is 10.3. The third-order valence-electron chi connectivity index (χ3n) is 2.72. The number of ketones is 1. The molecule has 0 fully saturated rings. The molecule has 19 heavy (non-hydrogen) atoms. The van der Waals surface area contributed by atoms with Gasteiger partial charge in [-0.25, -0.2) is 0 Å². The van der Waals surface area contributed by atoms with E-state index < -0.39 is 0 Å². The molecule has 1 amide bonds. The molecule has 1 aromatic heterocycles. The Balaban J connectivity index is 2.10. The molecule has 1 N–H and O–H groups in total. The number of nitrogens with zero attached hydrogens (tertiary/aromatic N) is 1. The second-order valence-electron chi connectivity index (χ2n) is 4.28. The van der Waals surface area contributed by atoms with E-state index in [1.165, 1.54) is 13.1 Å². The average Bonchev–Trinajstić information content (AvgIpc) is 2.40.